The first kappa shape index (κ1) is 14.2. The van der Waals surface area contributed by atoms with Crippen molar-refractivity contribution in [1.82, 2.24) is 0 Å². The monoisotopic (exact) mass is 234 g/mol. The van der Waals surface area contributed by atoms with E-state index in [0.717, 1.165) is 0 Å². The fourth-order valence-electron chi connectivity index (χ4n) is 0.809. The molecule has 1 unspecified atom stereocenters. The highest BCUT2D eigenvalue weighted by molar-refractivity contribution is 8.00. The zero-order valence-corrected chi connectivity index (χ0v) is 10.0. The number of amides is 1. The lowest BCUT2D eigenvalue weighted by molar-refractivity contribution is -0.139. The predicted octanol–water partition coefficient (Wildman–Crippen LogP) is 0.0315. The zero-order valence-electron chi connectivity index (χ0n) is 9.19. The first-order valence-electron chi connectivity index (χ1n) is 4.60. The summed E-state index contributed by atoms with van der Waals surface area (Å²) in [5.74, 6) is -1.24. The second-order valence-corrected chi connectivity index (χ2v) is 5.71. The number of thioether (sulfide) groups is 1. The van der Waals surface area contributed by atoms with Gasteiger partial charge < -0.3 is 16.6 Å². The first-order chi connectivity index (χ1) is 6.68. The first-order valence-corrected chi connectivity index (χ1v) is 5.58. The summed E-state index contributed by atoms with van der Waals surface area (Å²) in [6.45, 7) is 5.19. The van der Waals surface area contributed by atoms with E-state index in [1.54, 1.807) is 20.8 Å². The Morgan fingerprint density at radius 1 is 1.47 bits per heavy atom. The molecule has 0 saturated carbocycles. The van der Waals surface area contributed by atoms with E-state index in [1.165, 1.54) is 11.8 Å². The number of nitrogens with two attached hydrogens (primary N) is 2. The Balaban J connectivity index is 4.26. The summed E-state index contributed by atoms with van der Waals surface area (Å²) >= 11 is 1.34. The summed E-state index contributed by atoms with van der Waals surface area (Å²) in [6, 6.07) is -0.956. The third-order valence-corrected chi connectivity index (χ3v) is 3.87. The summed E-state index contributed by atoms with van der Waals surface area (Å²) in [5, 5.41) is 8.76. The number of carboxylic acids is 1. The lowest BCUT2D eigenvalue weighted by Crippen LogP contribution is -2.47. The van der Waals surface area contributed by atoms with Crippen molar-refractivity contribution in [1.29, 1.82) is 0 Å². The molecule has 0 aliphatic rings. The molecule has 6 heteroatoms. The minimum atomic E-state index is -1.04. The number of carboxylic acid groups (broad SMARTS) is 1. The molecule has 0 spiro atoms. The summed E-state index contributed by atoms with van der Waals surface area (Å²) in [4.78, 5) is 21.5. The van der Waals surface area contributed by atoms with Crippen molar-refractivity contribution in [3.05, 3.63) is 0 Å². The summed E-state index contributed by atoms with van der Waals surface area (Å²) in [5.41, 5.74) is 10.6. The maximum Gasteiger partial charge on any atom is 0.321 e. The summed E-state index contributed by atoms with van der Waals surface area (Å²) < 4.78 is -0.616. The molecule has 0 aliphatic carbocycles. The average Bonchev–Trinajstić information content (AvgIpc) is 2.12. The molecule has 0 aromatic carbocycles. The van der Waals surface area contributed by atoms with Gasteiger partial charge in [-0.2, -0.15) is 11.8 Å². The molecule has 0 heterocycles. The van der Waals surface area contributed by atoms with Crippen LogP contribution >= 0.6 is 11.8 Å². The maximum absolute atomic E-state index is 10.8. The van der Waals surface area contributed by atoms with Crippen LogP contribution in [0.25, 0.3) is 0 Å². The lowest BCUT2D eigenvalue weighted by atomic mass is 10.1. The van der Waals surface area contributed by atoms with Crippen LogP contribution in [0.5, 0.6) is 0 Å². The van der Waals surface area contributed by atoms with E-state index in [-0.39, 0.29) is 11.8 Å². The van der Waals surface area contributed by atoms with Gasteiger partial charge in [-0.05, 0) is 13.8 Å². The van der Waals surface area contributed by atoms with Crippen LogP contribution in [-0.4, -0.2) is 33.5 Å². The van der Waals surface area contributed by atoms with Crippen molar-refractivity contribution in [2.24, 2.45) is 17.4 Å². The molecular weight excluding hydrogens is 216 g/mol. The van der Waals surface area contributed by atoms with Gasteiger partial charge in [0.25, 0.3) is 0 Å². The quantitative estimate of drug-likeness (QED) is 0.601. The van der Waals surface area contributed by atoms with Gasteiger partial charge in [-0.1, -0.05) is 6.92 Å². The van der Waals surface area contributed by atoms with Crippen LogP contribution in [-0.2, 0) is 9.59 Å². The molecule has 5 N–H and O–H groups in total. The van der Waals surface area contributed by atoms with Gasteiger partial charge in [0.05, 0.1) is 0 Å². The molecule has 0 bridgehead atoms. The Hall–Kier alpha value is -0.750. The lowest BCUT2D eigenvalue weighted by Gasteiger charge is -2.28. The number of primary amides is 1. The highest BCUT2D eigenvalue weighted by Crippen LogP contribution is 2.29. The molecule has 0 rings (SSSR count). The number of aliphatic carboxylic acids is 1. The second-order valence-electron chi connectivity index (χ2n) is 4.03. The topological polar surface area (TPSA) is 106 Å². The molecule has 0 fully saturated rings. The fraction of sp³-hybridized carbons (Fsp3) is 0.778. The Morgan fingerprint density at radius 3 is 2.27 bits per heavy atom. The molecule has 0 saturated heterocycles. The largest absolute Gasteiger partial charge is 0.480 e. The highest BCUT2D eigenvalue weighted by atomic mass is 32.2. The number of carbonyl (C=O) groups excluding carboxylic acids is 1. The Bertz CT molecular complexity index is 256. The van der Waals surface area contributed by atoms with E-state index >= 15 is 0 Å². The number of hydrogen-bond donors (Lipinski definition) is 3. The molecule has 0 aliphatic heterocycles. The minimum Gasteiger partial charge on any atom is -0.480 e. The van der Waals surface area contributed by atoms with Gasteiger partial charge in [-0.3, -0.25) is 9.59 Å². The van der Waals surface area contributed by atoms with Crippen molar-refractivity contribution >= 4 is 23.6 Å². The molecule has 5 nitrogen and oxygen atoms in total. The van der Waals surface area contributed by atoms with E-state index in [2.05, 4.69) is 0 Å². The summed E-state index contributed by atoms with van der Waals surface area (Å²) in [7, 11) is 0. The van der Waals surface area contributed by atoms with Gasteiger partial charge in [0.2, 0.25) is 5.91 Å². The molecular formula is C9H18N2O3S. The van der Waals surface area contributed by atoms with Crippen LogP contribution in [0.3, 0.4) is 0 Å². The Labute approximate surface area is 93.6 Å². The number of hydrogen-bond acceptors (Lipinski definition) is 4. The standard InChI is InChI=1S/C9H18N2O3S/c1-5(7(11)12)4-15-9(2,3)6(10)8(13)14/h5-6H,4,10H2,1-3H3,(H2,11,12)(H,13,14)/t5?,6-/m0/s1. The van der Waals surface area contributed by atoms with E-state index in [9.17, 15) is 9.59 Å². The number of rotatable bonds is 6. The molecule has 0 radical (unpaired) electrons. The highest BCUT2D eigenvalue weighted by Gasteiger charge is 2.33. The third-order valence-electron chi connectivity index (χ3n) is 2.21. The van der Waals surface area contributed by atoms with Gasteiger partial charge >= 0.3 is 5.97 Å². The molecule has 88 valence electrons. The smallest absolute Gasteiger partial charge is 0.321 e. The normalized spacial score (nSPS) is 15.7. The Kier molecular flexibility index (Phi) is 5.10. The Morgan fingerprint density at radius 2 is 1.93 bits per heavy atom. The molecule has 15 heavy (non-hydrogen) atoms. The van der Waals surface area contributed by atoms with Crippen molar-refractivity contribution in [2.45, 2.75) is 31.6 Å². The SMILES string of the molecule is CC(CSC(C)(C)[C@@H](N)C(=O)O)C(N)=O. The predicted molar refractivity (Wildman–Crippen MR) is 60.5 cm³/mol. The van der Waals surface area contributed by atoms with Gasteiger partial charge in [0.1, 0.15) is 6.04 Å². The van der Waals surface area contributed by atoms with E-state index < -0.39 is 16.8 Å². The van der Waals surface area contributed by atoms with E-state index in [4.69, 9.17) is 16.6 Å². The maximum atomic E-state index is 10.8. The third kappa shape index (κ3) is 4.53. The van der Waals surface area contributed by atoms with E-state index in [0.29, 0.717) is 5.75 Å². The fourth-order valence-corrected chi connectivity index (χ4v) is 1.93. The van der Waals surface area contributed by atoms with Gasteiger partial charge in [-0.25, -0.2) is 0 Å². The molecule has 2 atom stereocenters. The zero-order chi connectivity index (χ0) is 12.2. The molecule has 1 amide bonds. The minimum absolute atomic E-state index is 0.282. The van der Waals surface area contributed by atoms with Gasteiger partial charge in [0, 0.05) is 16.4 Å². The van der Waals surface area contributed by atoms with Gasteiger partial charge in [-0.15, -0.1) is 0 Å². The van der Waals surface area contributed by atoms with Crippen molar-refractivity contribution in [3.63, 3.8) is 0 Å². The molecule has 0 aromatic heterocycles. The van der Waals surface area contributed by atoms with Crippen LogP contribution in [0, 0.1) is 5.92 Å². The second kappa shape index (κ2) is 5.37. The van der Waals surface area contributed by atoms with Crippen LogP contribution < -0.4 is 11.5 Å². The van der Waals surface area contributed by atoms with Crippen molar-refractivity contribution < 1.29 is 14.7 Å². The van der Waals surface area contributed by atoms with Crippen LogP contribution in [0.15, 0.2) is 0 Å². The van der Waals surface area contributed by atoms with Crippen LogP contribution in [0.4, 0.5) is 0 Å². The number of carbonyl (C=O) groups is 2. The molecule has 0 aromatic rings. The van der Waals surface area contributed by atoms with Crippen molar-refractivity contribution in [2.75, 3.05) is 5.75 Å². The summed E-state index contributed by atoms with van der Waals surface area (Å²) in [6.07, 6.45) is 0. The van der Waals surface area contributed by atoms with Crippen LogP contribution in [0.1, 0.15) is 20.8 Å². The van der Waals surface area contributed by atoms with E-state index in [1.807, 2.05) is 0 Å². The van der Waals surface area contributed by atoms with Crippen LogP contribution in [0.2, 0.25) is 0 Å². The average molecular weight is 234 g/mol. The van der Waals surface area contributed by atoms with Gasteiger partial charge in [0.15, 0.2) is 0 Å². The van der Waals surface area contributed by atoms with Crippen molar-refractivity contribution in [3.8, 4) is 0 Å².